The molecule has 1 saturated carbocycles. The van der Waals surface area contributed by atoms with E-state index in [-0.39, 0.29) is 5.79 Å². The highest BCUT2D eigenvalue weighted by Crippen LogP contribution is 2.33. The standard InChI is InChI=1S/C10H19NO2/c1-12-10(13-2)5-7-11(8-6-10)9-3-4-9/h9H,3-8H2,1-2H3. The van der Waals surface area contributed by atoms with Crippen LogP contribution in [0.5, 0.6) is 0 Å². The van der Waals surface area contributed by atoms with Crippen molar-refractivity contribution in [2.45, 2.75) is 37.5 Å². The molecule has 2 rings (SSSR count). The minimum Gasteiger partial charge on any atom is -0.353 e. The van der Waals surface area contributed by atoms with Gasteiger partial charge < -0.3 is 9.47 Å². The molecule has 0 N–H and O–H groups in total. The van der Waals surface area contributed by atoms with E-state index < -0.39 is 0 Å². The van der Waals surface area contributed by atoms with Gasteiger partial charge >= 0.3 is 0 Å². The highest BCUT2D eigenvalue weighted by molar-refractivity contribution is 4.89. The van der Waals surface area contributed by atoms with Gasteiger partial charge in [0.25, 0.3) is 0 Å². The van der Waals surface area contributed by atoms with Crippen LogP contribution in [0.3, 0.4) is 0 Å². The maximum atomic E-state index is 5.43. The van der Waals surface area contributed by atoms with Gasteiger partial charge in [-0.25, -0.2) is 0 Å². The molecule has 0 aromatic carbocycles. The summed E-state index contributed by atoms with van der Waals surface area (Å²) in [4.78, 5) is 2.57. The van der Waals surface area contributed by atoms with Crippen molar-refractivity contribution in [1.82, 2.24) is 4.90 Å². The highest BCUT2D eigenvalue weighted by atomic mass is 16.7. The number of methoxy groups -OCH3 is 2. The van der Waals surface area contributed by atoms with E-state index >= 15 is 0 Å². The second-order valence-corrected chi connectivity index (χ2v) is 4.09. The van der Waals surface area contributed by atoms with E-state index in [2.05, 4.69) is 4.90 Å². The lowest BCUT2D eigenvalue weighted by Gasteiger charge is -2.39. The average Bonchev–Trinajstić information content (AvgIpc) is 3.02. The molecular weight excluding hydrogens is 166 g/mol. The molecule has 0 amide bonds. The summed E-state index contributed by atoms with van der Waals surface area (Å²) in [5.41, 5.74) is 0. The smallest absolute Gasteiger partial charge is 0.169 e. The molecule has 1 aliphatic heterocycles. The lowest BCUT2D eigenvalue weighted by molar-refractivity contribution is -0.229. The number of likely N-dealkylation sites (tertiary alicyclic amines) is 1. The van der Waals surface area contributed by atoms with Gasteiger partial charge in [0.2, 0.25) is 0 Å². The van der Waals surface area contributed by atoms with Crippen LogP contribution in [0.15, 0.2) is 0 Å². The summed E-state index contributed by atoms with van der Waals surface area (Å²) in [6.07, 6.45) is 4.81. The van der Waals surface area contributed by atoms with Gasteiger partial charge in [0, 0.05) is 46.2 Å². The predicted octanol–water partition coefficient (Wildman–Crippen LogP) is 1.23. The predicted molar refractivity (Wildman–Crippen MR) is 50.6 cm³/mol. The number of nitrogens with zero attached hydrogens (tertiary/aromatic N) is 1. The zero-order chi connectivity index (χ0) is 9.31. The summed E-state index contributed by atoms with van der Waals surface area (Å²) in [5.74, 6) is -0.286. The summed E-state index contributed by atoms with van der Waals surface area (Å²) >= 11 is 0. The quantitative estimate of drug-likeness (QED) is 0.617. The molecule has 76 valence electrons. The fourth-order valence-electron chi connectivity index (χ4n) is 2.16. The van der Waals surface area contributed by atoms with Crippen LogP contribution in [0.2, 0.25) is 0 Å². The van der Waals surface area contributed by atoms with Crippen molar-refractivity contribution < 1.29 is 9.47 Å². The first-order valence-electron chi connectivity index (χ1n) is 5.14. The summed E-state index contributed by atoms with van der Waals surface area (Å²) < 4.78 is 10.9. The normalized spacial score (nSPS) is 29.1. The fraction of sp³-hybridized carbons (Fsp3) is 1.00. The SMILES string of the molecule is COC1(OC)CCN(C2CC2)CC1. The number of hydrogen-bond donors (Lipinski definition) is 0. The van der Waals surface area contributed by atoms with Crippen LogP contribution in [-0.2, 0) is 9.47 Å². The lowest BCUT2D eigenvalue weighted by Crippen LogP contribution is -2.47. The third kappa shape index (κ3) is 1.87. The van der Waals surface area contributed by atoms with E-state index in [0.717, 1.165) is 32.0 Å². The Labute approximate surface area is 80.0 Å². The average molecular weight is 185 g/mol. The largest absolute Gasteiger partial charge is 0.353 e. The van der Waals surface area contributed by atoms with E-state index in [4.69, 9.17) is 9.47 Å². The second kappa shape index (κ2) is 3.56. The van der Waals surface area contributed by atoms with Crippen LogP contribution >= 0.6 is 0 Å². The van der Waals surface area contributed by atoms with Crippen molar-refractivity contribution in [1.29, 1.82) is 0 Å². The maximum Gasteiger partial charge on any atom is 0.169 e. The maximum absolute atomic E-state index is 5.43. The van der Waals surface area contributed by atoms with E-state index in [1.807, 2.05) is 0 Å². The van der Waals surface area contributed by atoms with Crippen molar-refractivity contribution in [3.05, 3.63) is 0 Å². The molecule has 1 heterocycles. The summed E-state index contributed by atoms with van der Waals surface area (Å²) in [7, 11) is 3.49. The first-order chi connectivity index (χ1) is 6.29. The molecule has 1 aliphatic carbocycles. The van der Waals surface area contributed by atoms with Crippen LogP contribution < -0.4 is 0 Å². The van der Waals surface area contributed by atoms with E-state index in [1.54, 1.807) is 14.2 Å². The number of rotatable bonds is 3. The van der Waals surface area contributed by atoms with Gasteiger partial charge in [0.15, 0.2) is 5.79 Å². The zero-order valence-electron chi connectivity index (χ0n) is 8.58. The Balaban J connectivity index is 1.86. The molecule has 2 aliphatic rings. The number of hydrogen-bond acceptors (Lipinski definition) is 3. The van der Waals surface area contributed by atoms with Crippen molar-refractivity contribution in [2.24, 2.45) is 0 Å². The van der Waals surface area contributed by atoms with Gasteiger partial charge in [0.1, 0.15) is 0 Å². The third-order valence-electron chi connectivity index (χ3n) is 3.37. The van der Waals surface area contributed by atoms with Crippen molar-refractivity contribution in [3.63, 3.8) is 0 Å². The molecule has 13 heavy (non-hydrogen) atoms. The molecule has 0 aromatic rings. The van der Waals surface area contributed by atoms with Gasteiger partial charge in [0.05, 0.1) is 0 Å². The molecule has 0 spiro atoms. The molecule has 1 saturated heterocycles. The van der Waals surface area contributed by atoms with Gasteiger partial charge in [-0.1, -0.05) is 0 Å². The second-order valence-electron chi connectivity index (χ2n) is 4.09. The van der Waals surface area contributed by atoms with Gasteiger partial charge in [-0.15, -0.1) is 0 Å². The topological polar surface area (TPSA) is 21.7 Å². The van der Waals surface area contributed by atoms with E-state index in [0.29, 0.717) is 0 Å². The van der Waals surface area contributed by atoms with E-state index in [9.17, 15) is 0 Å². The van der Waals surface area contributed by atoms with Crippen LogP contribution in [0, 0.1) is 0 Å². The van der Waals surface area contributed by atoms with Gasteiger partial charge in [-0.05, 0) is 12.8 Å². The Morgan fingerprint density at radius 2 is 1.62 bits per heavy atom. The molecule has 3 nitrogen and oxygen atoms in total. The van der Waals surface area contributed by atoms with Crippen LogP contribution in [0.4, 0.5) is 0 Å². The lowest BCUT2D eigenvalue weighted by atomic mass is 10.0. The van der Waals surface area contributed by atoms with Crippen molar-refractivity contribution >= 4 is 0 Å². The molecule has 3 heteroatoms. The third-order valence-corrected chi connectivity index (χ3v) is 3.37. The first-order valence-corrected chi connectivity index (χ1v) is 5.14. The monoisotopic (exact) mass is 185 g/mol. The summed E-state index contributed by atoms with van der Waals surface area (Å²) in [6, 6.07) is 0.881. The Morgan fingerprint density at radius 3 is 2.00 bits per heavy atom. The van der Waals surface area contributed by atoms with Crippen LogP contribution in [0.25, 0.3) is 0 Å². The molecule has 0 atom stereocenters. The molecule has 0 radical (unpaired) electrons. The minimum atomic E-state index is -0.286. The summed E-state index contributed by atoms with van der Waals surface area (Å²) in [6.45, 7) is 2.26. The van der Waals surface area contributed by atoms with Crippen molar-refractivity contribution in [3.8, 4) is 0 Å². The number of piperidine rings is 1. The zero-order valence-corrected chi connectivity index (χ0v) is 8.58. The van der Waals surface area contributed by atoms with Gasteiger partial charge in [-0.3, -0.25) is 4.90 Å². The Kier molecular flexibility index (Phi) is 2.58. The molecule has 0 unspecified atom stereocenters. The van der Waals surface area contributed by atoms with E-state index in [1.165, 1.54) is 12.8 Å². The highest BCUT2D eigenvalue weighted by Gasteiger charge is 2.39. The summed E-state index contributed by atoms with van der Waals surface area (Å²) in [5, 5.41) is 0. The van der Waals surface area contributed by atoms with Crippen molar-refractivity contribution in [2.75, 3.05) is 27.3 Å². The Bertz CT molecular complexity index is 166. The molecule has 0 aromatic heterocycles. The first kappa shape index (κ1) is 9.44. The van der Waals surface area contributed by atoms with Gasteiger partial charge in [-0.2, -0.15) is 0 Å². The number of ether oxygens (including phenoxy) is 2. The van der Waals surface area contributed by atoms with Crippen LogP contribution in [0.1, 0.15) is 25.7 Å². The minimum absolute atomic E-state index is 0.286. The molecular formula is C10H19NO2. The van der Waals surface area contributed by atoms with Crippen LogP contribution in [-0.4, -0.2) is 44.0 Å². The Morgan fingerprint density at radius 1 is 1.08 bits per heavy atom. The fourth-order valence-corrected chi connectivity index (χ4v) is 2.16. The molecule has 2 fully saturated rings. The molecule has 0 bridgehead atoms. The Hall–Kier alpha value is -0.120.